The van der Waals surface area contributed by atoms with Crippen molar-refractivity contribution in [3.8, 4) is 0 Å². The van der Waals surface area contributed by atoms with Gasteiger partial charge in [-0.1, -0.05) is 12.1 Å². The van der Waals surface area contributed by atoms with Crippen molar-refractivity contribution in [2.75, 3.05) is 19.6 Å². The molecule has 2 unspecified atom stereocenters. The van der Waals surface area contributed by atoms with Gasteiger partial charge in [0.2, 0.25) is 5.91 Å². The standard InChI is InChI=1S/C16H23FN2O.ClH/c1-3-19(16(20)10-13-8-9-18-11-13)12(2)14-4-6-15(17)7-5-14;/h4-7,12-13,18H,3,8-11H2,1-2H3;1H. The molecule has 21 heavy (non-hydrogen) atoms. The van der Waals surface area contributed by atoms with E-state index in [0.29, 0.717) is 18.9 Å². The second-order valence-electron chi connectivity index (χ2n) is 5.47. The van der Waals surface area contributed by atoms with Gasteiger partial charge >= 0.3 is 0 Å². The van der Waals surface area contributed by atoms with Crippen LogP contribution >= 0.6 is 12.4 Å². The number of benzene rings is 1. The van der Waals surface area contributed by atoms with E-state index in [1.54, 1.807) is 12.1 Å². The average molecular weight is 315 g/mol. The number of rotatable bonds is 5. The zero-order valence-electron chi connectivity index (χ0n) is 12.6. The van der Waals surface area contributed by atoms with Crippen LogP contribution in [0.15, 0.2) is 24.3 Å². The number of amides is 1. The van der Waals surface area contributed by atoms with Crippen LogP contribution in [0.25, 0.3) is 0 Å². The van der Waals surface area contributed by atoms with Crippen LogP contribution in [0.4, 0.5) is 4.39 Å². The van der Waals surface area contributed by atoms with Crippen molar-refractivity contribution in [2.45, 2.75) is 32.7 Å². The maximum Gasteiger partial charge on any atom is 0.223 e. The number of halogens is 2. The topological polar surface area (TPSA) is 32.3 Å². The highest BCUT2D eigenvalue weighted by Gasteiger charge is 2.24. The zero-order valence-corrected chi connectivity index (χ0v) is 13.5. The minimum Gasteiger partial charge on any atom is -0.336 e. The Morgan fingerprint density at radius 1 is 1.43 bits per heavy atom. The zero-order chi connectivity index (χ0) is 14.5. The van der Waals surface area contributed by atoms with Gasteiger partial charge in [-0.05, 0) is 57.0 Å². The number of carbonyl (C=O) groups is 1. The van der Waals surface area contributed by atoms with Crippen LogP contribution < -0.4 is 5.32 Å². The Balaban J connectivity index is 0.00000220. The number of nitrogens with zero attached hydrogens (tertiary/aromatic N) is 1. The molecule has 1 aliphatic heterocycles. The summed E-state index contributed by atoms with van der Waals surface area (Å²) >= 11 is 0. The third-order valence-electron chi connectivity index (χ3n) is 4.11. The molecule has 0 aromatic heterocycles. The van der Waals surface area contributed by atoms with Crippen molar-refractivity contribution in [3.63, 3.8) is 0 Å². The van der Waals surface area contributed by atoms with Crippen molar-refractivity contribution in [2.24, 2.45) is 5.92 Å². The van der Waals surface area contributed by atoms with Crippen molar-refractivity contribution in [1.82, 2.24) is 10.2 Å². The van der Waals surface area contributed by atoms with Crippen molar-refractivity contribution in [1.29, 1.82) is 0 Å². The molecule has 118 valence electrons. The summed E-state index contributed by atoms with van der Waals surface area (Å²) in [6.07, 6.45) is 1.68. The molecule has 1 aromatic carbocycles. The van der Waals surface area contributed by atoms with Gasteiger partial charge in [0.15, 0.2) is 0 Å². The van der Waals surface area contributed by atoms with Crippen LogP contribution in [0.5, 0.6) is 0 Å². The molecular weight excluding hydrogens is 291 g/mol. The van der Waals surface area contributed by atoms with E-state index < -0.39 is 0 Å². The van der Waals surface area contributed by atoms with Gasteiger partial charge < -0.3 is 10.2 Å². The largest absolute Gasteiger partial charge is 0.336 e. The molecule has 0 bridgehead atoms. The lowest BCUT2D eigenvalue weighted by atomic mass is 10.0. The summed E-state index contributed by atoms with van der Waals surface area (Å²) < 4.78 is 13.0. The number of carbonyl (C=O) groups excluding carboxylic acids is 1. The summed E-state index contributed by atoms with van der Waals surface area (Å²) in [5.74, 6) is 0.405. The molecule has 2 rings (SSSR count). The van der Waals surface area contributed by atoms with Gasteiger partial charge in [-0.2, -0.15) is 0 Å². The first kappa shape index (κ1) is 17.9. The fraction of sp³-hybridized carbons (Fsp3) is 0.562. The SMILES string of the molecule is CCN(C(=O)CC1CCNC1)C(C)c1ccc(F)cc1.Cl. The predicted octanol–water partition coefficient (Wildman–Crippen LogP) is 3.16. The summed E-state index contributed by atoms with van der Waals surface area (Å²) in [6.45, 7) is 6.62. The minimum absolute atomic E-state index is 0. The van der Waals surface area contributed by atoms with E-state index in [-0.39, 0.29) is 30.2 Å². The Hall–Kier alpha value is -1.13. The van der Waals surface area contributed by atoms with Gasteiger partial charge in [-0.25, -0.2) is 4.39 Å². The van der Waals surface area contributed by atoms with E-state index >= 15 is 0 Å². The summed E-state index contributed by atoms with van der Waals surface area (Å²) in [5, 5.41) is 3.29. The Kier molecular flexibility index (Phi) is 7.12. The van der Waals surface area contributed by atoms with Gasteiger partial charge in [0, 0.05) is 13.0 Å². The van der Waals surface area contributed by atoms with Crippen LogP contribution in [0.3, 0.4) is 0 Å². The first-order chi connectivity index (χ1) is 9.61. The van der Waals surface area contributed by atoms with Crippen LogP contribution in [-0.2, 0) is 4.79 Å². The molecule has 0 spiro atoms. The van der Waals surface area contributed by atoms with Crippen LogP contribution in [0, 0.1) is 11.7 Å². The van der Waals surface area contributed by atoms with E-state index in [1.165, 1.54) is 12.1 Å². The molecule has 1 aromatic rings. The highest BCUT2D eigenvalue weighted by atomic mass is 35.5. The second-order valence-corrected chi connectivity index (χ2v) is 5.47. The fourth-order valence-corrected chi connectivity index (χ4v) is 2.84. The van der Waals surface area contributed by atoms with Crippen LogP contribution in [0.2, 0.25) is 0 Å². The van der Waals surface area contributed by atoms with E-state index in [1.807, 2.05) is 18.7 Å². The number of nitrogens with one attached hydrogen (secondary N) is 1. The molecular formula is C16H24ClFN2O. The quantitative estimate of drug-likeness (QED) is 0.905. The molecule has 2 atom stereocenters. The molecule has 3 nitrogen and oxygen atoms in total. The van der Waals surface area contributed by atoms with Gasteiger partial charge in [-0.3, -0.25) is 4.79 Å². The molecule has 1 heterocycles. The van der Waals surface area contributed by atoms with Crippen molar-refractivity contribution in [3.05, 3.63) is 35.6 Å². The molecule has 0 saturated carbocycles. The second kappa shape index (κ2) is 8.35. The predicted molar refractivity (Wildman–Crippen MR) is 85.0 cm³/mol. The molecule has 5 heteroatoms. The minimum atomic E-state index is -0.243. The van der Waals surface area contributed by atoms with E-state index in [0.717, 1.165) is 25.1 Å². The Bertz CT molecular complexity index is 446. The highest BCUT2D eigenvalue weighted by molar-refractivity contribution is 5.85. The molecule has 0 aliphatic carbocycles. The van der Waals surface area contributed by atoms with Crippen molar-refractivity contribution >= 4 is 18.3 Å². The molecule has 0 radical (unpaired) electrons. The fourth-order valence-electron chi connectivity index (χ4n) is 2.84. The number of hydrogen-bond donors (Lipinski definition) is 1. The number of hydrogen-bond acceptors (Lipinski definition) is 2. The summed E-state index contributed by atoms with van der Waals surface area (Å²) in [6, 6.07) is 6.40. The third kappa shape index (κ3) is 4.68. The van der Waals surface area contributed by atoms with Gasteiger partial charge in [0.25, 0.3) is 0 Å². The molecule has 1 N–H and O–H groups in total. The first-order valence-corrected chi connectivity index (χ1v) is 7.37. The Morgan fingerprint density at radius 2 is 2.10 bits per heavy atom. The third-order valence-corrected chi connectivity index (χ3v) is 4.11. The van der Waals surface area contributed by atoms with Crippen LogP contribution in [0.1, 0.15) is 38.3 Å². The van der Waals surface area contributed by atoms with E-state index in [2.05, 4.69) is 5.32 Å². The molecule has 1 saturated heterocycles. The Labute approximate surface area is 132 Å². The first-order valence-electron chi connectivity index (χ1n) is 7.37. The molecule has 1 aliphatic rings. The van der Waals surface area contributed by atoms with Gasteiger partial charge in [0.1, 0.15) is 5.82 Å². The molecule has 1 fully saturated rings. The smallest absolute Gasteiger partial charge is 0.223 e. The molecule has 1 amide bonds. The van der Waals surface area contributed by atoms with E-state index in [9.17, 15) is 9.18 Å². The summed E-state index contributed by atoms with van der Waals surface area (Å²) in [5.41, 5.74) is 0.978. The maximum atomic E-state index is 13.0. The van der Waals surface area contributed by atoms with E-state index in [4.69, 9.17) is 0 Å². The van der Waals surface area contributed by atoms with Crippen LogP contribution in [-0.4, -0.2) is 30.4 Å². The Morgan fingerprint density at radius 3 is 2.62 bits per heavy atom. The van der Waals surface area contributed by atoms with Gasteiger partial charge in [-0.15, -0.1) is 12.4 Å². The lowest BCUT2D eigenvalue weighted by Crippen LogP contribution is -2.34. The maximum absolute atomic E-state index is 13.0. The highest BCUT2D eigenvalue weighted by Crippen LogP contribution is 2.23. The lowest BCUT2D eigenvalue weighted by molar-refractivity contribution is -0.134. The van der Waals surface area contributed by atoms with Gasteiger partial charge in [0.05, 0.1) is 6.04 Å². The summed E-state index contributed by atoms with van der Waals surface area (Å²) in [7, 11) is 0. The monoisotopic (exact) mass is 314 g/mol. The lowest BCUT2D eigenvalue weighted by Gasteiger charge is -2.29. The normalized spacial score (nSPS) is 18.9. The van der Waals surface area contributed by atoms with Crippen molar-refractivity contribution < 1.29 is 9.18 Å². The summed E-state index contributed by atoms with van der Waals surface area (Å²) in [4.78, 5) is 14.3. The average Bonchev–Trinajstić information content (AvgIpc) is 2.93.